The third-order valence-electron chi connectivity index (χ3n) is 3.50. The fraction of sp³-hybridized carbons (Fsp3) is 0.235. The summed E-state index contributed by atoms with van der Waals surface area (Å²) in [5, 5.41) is 16.9. The van der Waals surface area contributed by atoms with Crippen LogP contribution in [-0.2, 0) is 0 Å². The Bertz CT molecular complexity index is 747. The summed E-state index contributed by atoms with van der Waals surface area (Å²) in [6.07, 6.45) is 0.691. The average Bonchev–Trinajstić information content (AvgIpc) is 2.62. The molecule has 132 valence electrons. The zero-order valence-electron chi connectivity index (χ0n) is 13.8. The molecule has 1 amide bonds. The van der Waals surface area contributed by atoms with Crippen molar-refractivity contribution in [3.05, 3.63) is 58.1 Å². The van der Waals surface area contributed by atoms with Gasteiger partial charge in [0.15, 0.2) is 0 Å². The van der Waals surface area contributed by atoms with Crippen molar-refractivity contribution < 1.29 is 14.5 Å². The van der Waals surface area contributed by atoms with Crippen LogP contribution < -0.4 is 21.1 Å². The van der Waals surface area contributed by atoms with Gasteiger partial charge in [-0.25, -0.2) is 0 Å². The second kappa shape index (κ2) is 8.65. The van der Waals surface area contributed by atoms with Gasteiger partial charge >= 0.3 is 0 Å². The van der Waals surface area contributed by atoms with E-state index in [4.69, 9.17) is 10.5 Å². The van der Waals surface area contributed by atoms with Crippen LogP contribution in [0, 0.1) is 10.1 Å². The van der Waals surface area contributed by atoms with Crippen molar-refractivity contribution >= 4 is 23.0 Å². The first kappa shape index (κ1) is 18.2. The zero-order valence-corrected chi connectivity index (χ0v) is 13.8. The molecule has 2 aromatic carbocycles. The van der Waals surface area contributed by atoms with Crippen molar-refractivity contribution in [3.8, 4) is 5.75 Å². The van der Waals surface area contributed by atoms with Gasteiger partial charge in [0.05, 0.1) is 12.0 Å². The smallest absolute Gasteiger partial charge is 0.293 e. The van der Waals surface area contributed by atoms with Crippen molar-refractivity contribution in [2.24, 2.45) is 5.73 Å². The summed E-state index contributed by atoms with van der Waals surface area (Å²) in [5.41, 5.74) is 6.39. The Hall–Kier alpha value is -3.13. The van der Waals surface area contributed by atoms with Crippen LogP contribution in [0.5, 0.6) is 5.75 Å². The highest BCUT2D eigenvalue weighted by atomic mass is 16.6. The Morgan fingerprint density at radius 2 is 1.96 bits per heavy atom. The normalized spacial score (nSPS) is 10.2. The molecule has 25 heavy (non-hydrogen) atoms. The third-order valence-corrected chi connectivity index (χ3v) is 3.50. The van der Waals surface area contributed by atoms with Crippen molar-refractivity contribution in [2.75, 3.05) is 30.8 Å². The number of methoxy groups -OCH3 is 1. The van der Waals surface area contributed by atoms with Crippen LogP contribution in [0.15, 0.2) is 42.5 Å². The number of ether oxygens (including phenoxy) is 1. The van der Waals surface area contributed by atoms with E-state index in [2.05, 4.69) is 10.6 Å². The van der Waals surface area contributed by atoms with Crippen molar-refractivity contribution in [1.29, 1.82) is 0 Å². The topological polar surface area (TPSA) is 120 Å². The predicted molar refractivity (Wildman–Crippen MR) is 96.2 cm³/mol. The Morgan fingerprint density at radius 3 is 2.56 bits per heavy atom. The van der Waals surface area contributed by atoms with Gasteiger partial charge in [0, 0.05) is 23.9 Å². The van der Waals surface area contributed by atoms with Crippen molar-refractivity contribution in [1.82, 2.24) is 0 Å². The maximum Gasteiger partial charge on any atom is 0.293 e. The fourth-order valence-corrected chi connectivity index (χ4v) is 2.18. The van der Waals surface area contributed by atoms with Crippen LogP contribution in [0.3, 0.4) is 0 Å². The lowest BCUT2D eigenvalue weighted by Gasteiger charge is -2.09. The highest BCUT2D eigenvalue weighted by molar-refractivity contribution is 6.05. The number of nitrogens with one attached hydrogen (secondary N) is 2. The molecule has 8 nitrogen and oxygen atoms in total. The Morgan fingerprint density at radius 1 is 1.24 bits per heavy atom. The van der Waals surface area contributed by atoms with Crippen molar-refractivity contribution in [2.45, 2.75) is 6.42 Å². The predicted octanol–water partition coefficient (Wildman–Crippen LogP) is 2.62. The second-order valence-corrected chi connectivity index (χ2v) is 5.24. The number of nitro groups is 1. The van der Waals surface area contributed by atoms with Crippen LogP contribution in [0.4, 0.5) is 17.1 Å². The van der Waals surface area contributed by atoms with E-state index in [9.17, 15) is 14.9 Å². The van der Waals surface area contributed by atoms with Crippen LogP contribution in [0.25, 0.3) is 0 Å². The molecule has 0 aliphatic rings. The van der Waals surface area contributed by atoms with Gasteiger partial charge in [0.25, 0.3) is 11.6 Å². The van der Waals surface area contributed by atoms with Gasteiger partial charge in [-0.15, -0.1) is 0 Å². The van der Waals surface area contributed by atoms with Crippen LogP contribution in [0.1, 0.15) is 16.8 Å². The number of carbonyl (C=O) groups is 1. The lowest BCUT2D eigenvalue weighted by molar-refractivity contribution is -0.384. The van der Waals surface area contributed by atoms with E-state index in [-0.39, 0.29) is 11.3 Å². The number of nitrogens with zero attached hydrogens (tertiary/aromatic N) is 1. The molecule has 0 radical (unpaired) electrons. The molecule has 0 atom stereocenters. The van der Waals surface area contributed by atoms with E-state index >= 15 is 0 Å². The molecule has 4 N–H and O–H groups in total. The summed E-state index contributed by atoms with van der Waals surface area (Å²) in [4.78, 5) is 23.0. The molecule has 2 aromatic rings. The van der Waals surface area contributed by atoms with Gasteiger partial charge in [-0.1, -0.05) is 0 Å². The van der Waals surface area contributed by atoms with Gasteiger partial charge in [0.2, 0.25) is 0 Å². The molecule has 0 aromatic heterocycles. The molecule has 0 fully saturated rings. The Balaban J connectivity index is 2.15. The molecule has 0 spiro atoms. The molecule has 0 unspecified atom stereocenters. The van der Waals surface area contributed by atoms with Gasteiger partial charge in [0.1, 0.15) is 11.4 Å². The summed E-state index contributed by atoms with van der Waals surface area (Å²) < 4.78 is 5.05. The molecule has 0 saturated heterocycles. The van der Waals surface area contributed by atoms with E-state index in [0.29, 0.717) is 36.6 Å². The number of nitro benzene ring substituents is 1. The van der Waals surface area contributed by atoms with Crippen molar-refractivity contribution in [3.63, 3.8) is 0 Å². The number of rotatable bonds is 8. The van der Waals surface area contributed by atoms with Crippen LogP contribution in [-0.4, -0.2) is 31.0 Å². The second-order valence-electron chi connectivity index (χ2n) is 5.24. The monoisotopic (exact) mass is 344 g/mol. The molecule has 0 heterocycles. The first-order valence-corrected chi connectivity index (χ1v) is 7.73. The number of amides is 1. The highest BCUT2D eigenvalue weighted by Gasteiger charge is 2.17. The standard InChI is InChI=1S/C17H20N4O4/c1-25-14-6-4-13(5-7-14)20-17(22)12-3-8-15(19-10-2-9-18)16(11-12)21(23)24/h3-8,11,19H,2,9-10,18H2,1H3,(H,20,22). The summed E-state index contributed by atoms with van der Waals surface area (Å²) in [6.45, 7) is 1.01. The van der Waals surface area contributed by atoms with E-state index in [1.165, 1.54) is 18.2 Å². The SMILES string of the molecule is COc1ccc(NC(=O)c2ccc(NCCCN)c([N+](=O)[O-])c2)cc1. The highest BCUT2D eigenvalue weighted by Crippen LogP contribution is 2.26. The van der Waals surface area contributed by atoms with Gasteiger partial charge < -0.3 is 21.1 Å². The van der Waals surface area contributed by atoms with Gasteiger partial charge in [-0.3, -0.25) is 14.9 Å². The summed E-state index contributed by atoms with van der Waals surface area (Å²) in [7, 11) is 1.55. The van der Waals surface area contributed by atoms with E-state index in [1.54, 1.807) is 31.4 Å². The lowest BCUT2D eigenvalue weighted by atomic mass is 10.1. The van der Waals surface area contributed by atoms with E-state index < -0.39 is 10.8 Å². The first-order chi connectivity index (χ1) is 12.0. The molecular formula is C17H20N4O4. The minimum Gasteiger partial charge on any atom is -0.497 e. The molecule has 8 heteroatoms. The number of hydrogen-bond acceptors (Lipinski definition) is 6. The van der Waals surface area contributed by atoms with Crippen LogP contribution >= 0.6 is 0 Å². The molecule has 0 aliphatic carbocycles. The van der Waals surface area contributed by atoms with E-state index in [0.717, 1.165) is 0 Å². The fourth-order valence-electron chi connectivity index (χ4n) is 2.18. The molecule has 0 bridgehead atoms. The first-order valence-electron chi connectivity index (χ1n) is 7.73. The number of anilines is 2. The maximum atomic E-state index is 12.3. The molecule has 0 saturated carbocycles. The molecular weight excluding hydrogens is 324 g/mol. The number of nitrogens with two attached hydrogens (primary N) is 1. The van der Waals surface area contributed by atoms with Gasteiger partial charge in [-0.2, -0.15) is 0 Å². The number of benzene rings is 2. The zero-order chi connectivity index (χ0) is 18.2. The largest absolute Gasteiger partial charge is 0.497 e. The minimum atomic E-state index is -0.519. The minimum absolute atomic E-state index is 0.153. The van der Waals surface area contributed by atoms with Gasteiger partial charge in [-0.05, 0) is 49.4 Å². The Labute approximate surface area is 145 Å². The quantitative estimate of drug-likeness (QED) is 0.385. The summed E-state index contributed by atoms with van der Waals surface area (Å²) in [6, 6.07) is 11.1. The summed E-state index contributed by atoms with van der Waals surface area (Å²) >= 11 is 0. The average molecular weight is 344 g/mol. The lowest BCUT2D eigenvalue weighted by Crippen LogP contribution is -2.13. The Kier molecular flexibility index (Phi) is 6.30. The summed E-state index contributed by atoms with van der Waals surface area (Å²) in [5.74, 6) is 0.239. The number of hydrogen-bond donors (Lipinski definition) is 3. The van der Waals surface area contributed by atoms with E-state index in [1.807, 2.05) is 0 Å². The number of carbonyl (C=O) groups excluding carboxylic acids is 1. The van der Waals surface area contributed by atoms with Crippen LogP contribution in [0.2, 0.25) is 0 Å². The molecule has 0 aliphatic heterocycles. The molecule has 2 rings (SSSR count). The third kappa shape index (κ3) is 4.92. The maximum absolute atomic E-state index is 12.3.